The van der Waals surface area contributed by atoms with Crippen LogP contribution in [0.15, 0.2) is 37.1 Å². The van der Waals surface area contributed by atoms with Crippen molar-refractivity contribution in [3.8, 4) is 0 Å². The molecule has 2 aromatic rings. The van der Waals surface area contributed by atoms with Crippen molar-refractivity contribution in [2.75, 3.05) is 11.9 Å². The molecule has 90 valence electrons. The van der Waals surface area contributed by atoms with Crippen LogP contribution in [-0.4, -0.2) is 21.1 Å². The van der Waals surface area contributed by atoms with Crippen LogP contribution in [0.2, 0.25) is 0 Å². The van der Waals surface area contributed by atoms with Crippen molar-refractivity contribution in [3.63, 3.8) is 0 Å². The molecule has 0 unspecified atom stereocenters. The molecular formula is C13H18N4. The standard InChI is InChI=1S/C13H18N4/c1-12-4-5-13(16-10-12)15-6-2-3-8-17-9-7-14-11-17/h4-5,7,9-11H,2-3,6,8H2,1H3,(H,15,16). The summed E-state index contributed by atoms with van der Waals surface area (Å²) in [6.45, 7) is 4.04. The van der Waals surface area contributed by atoms with Crippen LogP contribution >= 0.6 is 0 Å². The average Bonchev–Trinajstić information content (AvgIpc) is 2.84. The minimum atomic E-state index is 0.957. The van der Waals surface area contributed by atoms with Gasteiger partial charge in [0.05, 0.1) is 6.33 Å². The molecule has 0 aliphatic heterocycles. The van der Waals surface area contributed by atoms with Gasteiger partial charge in [0.1, 0.15) is 5.82 Å². The molecule has 0 atom stereocenters. The van der Waals surface area contributed by atoms with Crippen LogP contribution in [0.25, 0.3) is 0 Å². The Hall–Kier alpha value is -1.84. The van der Waals surface area contributed by atoms with E-state index in [9.17, 15) is 0 Å². The maximum absolute atomic E-state index is 4.30. The molecule has 1 N–H and O–H groups in total. The smallest absolute Gasteiger partial charge is 0.125 e. The Morgan fingerprint density at radius 1 is 1.29 bits per heavy atom. The van der Waals surface area contributed by atoms with E-state index in [1.165, 1.54) is 5.56 Å². The summed E-state index contributed by atoms with van der Waals surface area (Å²) < 4.78 is 2.10. The number of aryl methyl sites for hydroxylation is 2. The first-order valence-corrected chi connectivity index (χ1v) is 5.97. The number of rotatable bonds is 6. The summed E-state index contributed by atoms with van der Waals surface area (Å²) in [5.74, 6) is 0.957. The number of nitrogens with one attached hydrogen (secondary N) is 1. The van der Waals surface area contributed by atoms with Gasteiger partial charge in [-0.05, 0) is 31.4 Å². The maximum atomic E-state index is 4.30. The highest BCUT2D eigenvalue weighted by Gasteiger charge is 1.94. The Balaban J connectivity index is 1.61. The maximum Gasteiger partial charge on any atom is 0.125 e. The molecule has 2 rings (SSSR count). The van der Waals surface area contributed by atoms with Crippen molar-refractivity contribution >= 4 is 5.82 Å². The molecule has 4 heteroatoms. The SMILES string of the molecule is Cc1ccc(NCCCCn2ccnc2)nc1. The topological polar surface area (TPSA) is 42.7 Å². The summed E-state index contributed by atoms with van der Waals surface area (Å²) in [6, 6.07) is 4.09. The zero-order valence-electron chi connectivity index (χ0n) is 10.1. The number of aromatic nitrogens is 3. The van der Waals surface area contributed by atoms with Crippen LogP contribution in [-0.2, 0) is 6.54 Å². The quantitative estimate of drug-likeness (QED) is 0.775. The lowest BCUT2D eigenvalue weighted by molar-refractivity contribution is 0.620. The molecule has 0 saturated heterocycles. The van der Waals surface area contributed by atoms with Crippen LogP contribution in [0.4, 0.5) is 5.82 Å². The number of nitrogens with zero attached hydrogens (tertiary/aromatic N) is 3. The third-order valence-electron chi connectivity index (χ3n) is 2.62. The predicted molar refractivity (Wildman–Crippen MR) is 68.9 cm³/mol. The van der Waals surface area contributed by atoms with Gasteiger partial charge >= 0.3 is 0 Å². The van der Waals surface area contributed by atoms with Crippen LogP contribution in [0.5, 0.6) is 0 Å². The van der Waals surface area contributed by atoms with Gasteiger partial charge in [0.25, 0.3) is 0 Å². The molecule has 0 bridgehead atoms. The van der Waals surface area contributed by atoms with Crippen molar-refractivity contribution in [1.82, 2.24) is 14.5 Å². The Bertz CT molecular complexity index is 419. The Morgan fingerprint density at radius 3 is 2.94 bits per heavy atom. The molecule has 0 spiro atoms. The van der Waals surface area contributed by atoms with Crippen LogP contribution in [0.1, 0.15) is 18.4 Å². The lowest BCUT2D eigenvalue weighted by Gasteiger charge is -2.06. The Kier molecular flexibility index (Phi) is 4.13. The fourth-order valence-electron chi connectivity index (χ4n) is 1.63. The summed E-state index contributed by atoms with van der Waals surface area (Å²) >= 11 is 0. The second-order valence-electron chi connectivity index (χ2n) is 4.16. The van der Waals surface area contributed by atoms with Gasteiger partial charge in [-0.25, -0.2) is 9.97 Å². The summed E-state index contributed by atoms with van der Waals surface area (Å²) in [5, 5.41) is 3.32. The van der Waals surface area contributed by atoms with Gasteiger partial charge in [-0.15, -0.1) is 0 Å². The largest absolute Gasteiger partial charge is 0.370 e. The number of hydrogen-bond donors (Lipinski definition) is 1. The third-order valence-corrected chi connectivity index (χ3v) is 2.62. The van der Waals surface area contributed by atoms with Crippen molar-refractivity contribution in [3.05, 3.63) is 42.6 Å². The molecule has 0 fully saturated rings. The minimum absolute atomic E-state index is 0.957. The van der Waals surface area contributed by atoms with Crippen molar-refractivity contribution in [2.24, 2.45) is 0 Å². The second kappa shape index (κ2) is 6.03. The fraction of sp³-hybridized carbons (Fsp3) is 0.385. The van der Waals surface area contributed by atoms with Gasteiger partial charge in [0.2, 0.25) is 0 Å². The molecule has 0 amide bonds. The molecule has 0 saturated carbocycles. The second-order valence-corrected chi connectivity index (χ2v) is 4.16. The summed E-state index contributed by atoms with van der Waals surface area (Å²) in [5.41, 5.74) is 1.19. The molecular weight excluding hydrogens is 212 g/mol. The molecule has 0 aliphatic rings. The van der Waals surface area contributed by atoms with E-state index < -0.39 is 0 Å². The van der Waals surface area contributed by atoms with Crippen molar-refractivity contribution < 1.29 is 0 Å². The monoisotopic (exact) mass is 230 g/mol. The van der Waals surface area contributed by atoms with E-state index in [0.717, 1.165) is 31.7 Å². The van der Waals surface area contributed by atoms with Gasteiger partial charge in [-0.2, -0.15) is 0 Å². The molecule has 2 heterocycles. The fourth-order valence-corrected chi connectivity index (χ4v) is 1.63. The predicted octanol–water partition coefficient (Wildman–Crippen LogP) is 2.48. The normalized spacial score (nSPS) is 10.4. The van der Waals surface area contributed by atoms with E-state index in [1.807, 2.05) is 37.9 Å². The van der Waals surface area contributed by atoms with Crippen LogP contribution in [0.3, 0.4) is 0 Å². The zero-order valence-corrected chi connectivity index (χ0v) is 10.1. The summed E-state index contributed by atoms with van der Waals surface area (Å²) in [6.07, 6.45) is 9.83. The average molecular weight is 230 g/mol. The number of unbranched alkanes of at least 4 members (excludes halogenated alkanes) is 1. The number of imidazole rings is 1. The van der Waals surface area contributed by atoms with Crippen LogP contribution < -0.4 is 5.32 Å². The van der Waals surface area contributed by atoms with Gasteiger partial charge in [0, 0.05) is 31.7 Å². The summed E-state index contributed by atoms with van der Waals surface area (Å²) in [7, 11) is 0. The molecule has 17 heavy (non-hydrogen) atoms. The van der Waals surface area contributed by atoms with Gasteiger partial charge in [-0.1, -0.05) is 6.07 Å². The first kappa shape index (κ1) is 11.6. The van der Waals surface area contributed by atoms with E-state index in [2.05, 4.69) is 25.9 Å². The van der Waals surface area contributed by atoms with Gasteiger partial charge in [0.15, 0.2) is 0 Å². The van der Waals surface area contributed by atoms with Crippen LogP contribution in [0, 0.1) is 6.92 Å². The highest BCUT2D eigenvalue weighted by atomic mass is 15.0. The summed E-state index contributed by atoms with van der Waals surface area (Å²) in [4.78, 5) is 8.31. The molecule has 0 aliphatic carbocycles. The highest BCUT2D eigenvalue weighted by Crippen LogP contribution is 2.04. The van der Waals surface area contributed by atoms with Gasteiger partial charge in [-0.3, -0.25) is 0 Å². The van der Waals surface area contributed by atoms with E-state index in [0.29, 0.717) is 0 Å². The van der Waals surface area contributed by atoms with E-state index in [1.54, 1.807) is 0 Å². The zero-order chi connectivity index (χ0) is 11.9. The number of anilines is 1. The Morgan fingerprint density at radius 2 is 2.24 bits per heavy atom. The van der Waals surface area contributed by atoms with Gasteiger partial charge < -0.3 is 9.88 Å². The lowest BCUT2D eigenvalue weighted by Crippen LogP contribution is -2.04. The molecule has 4 nitrogen and oxygen atoms in total. The van der Waals surface area contributed by atoms with Crippen molar-refractivity contribution in [1.29, 1.82) is 0 Å². The first-order chi connectivity index (χ1) is 8.34. The van der Waals surface area contributed by atoms with E-state index >= 15 is 0 Å². The first-order valence-electron chi connectivity index (χ1n) is 5.97. The highest BCUT2D eigenvalue weighted by molar-refractivity contribution is 5.34. The lowest BCUT2D eigenvalue weighted by atomic mass is 10.3. The number of pyridine rings is 1. The number of hydrogen-bond acceptors (Lipinski definition) is 3. The van der Waals surface area contributed by atoms with E-state index in [-0.39, 0.29) is 0 Å². The third kappa shape index (κ3) is 3.90. The van der Waals surface area contributed by atoms with Crippen molar-refractivity contribution in [2.45, 2.75) is 26.3 Å². The Labute approximate surface area is 102 Å². The molecule has 2 aromatic heterocycles. The minimum Gasteiger partial charge on any atom is -0.370 e. The van der Waals surface area contributed by atoms with E-state index in [4.69, 9.17) is 0 Å². The molecule has 0 radical (unpaired) electrons. The molecule has 0 aromatic carbocycles.